The monoisotopic (exact) mass is 620 g/mol. The molecule has 6 rings (SSSR count). The Morgan fingerprint density at radius 2 is 1.02 bits per heavy atom. The van der Waals surface area contributed by atoms with Crippen molar-refractivity contribution in [2.75, 3.05) is 27.2 Å². The maximum absolute atomic E-state index is 13.5. The number of benzene rings is 4. The molecule has 0 bridgehead atoms. The molecule has 0 aliphatic carbocycles. The number of rotatable bonds is 12. The number of urea groups is 1. The van der Waals surface area contributed by atoms with Crippen LogP contribution in [0, 0.1) is 0 Å². The SMILES string of the molecule is CN(CC[C@H](Oc1cccc2ccccc12)c1cccs1)C(=O)N(C)CC[C@@H](Oc1cccc2ccccc12)c1cccs1. The van der Waals surface area contributed by atoms with Crippen LogP contribution in [-0.4, -0.2) is 43.0 Å². The van der Waals surface area contributed by atoms with Gasteiger partial charge in [-0.1, -0.05) is 84.9 Å². The van der Waals surface area contributed by atoms with E-state index in [4.69, 9.17) is 9.47 Å². The minimum Gasteiger partial charge on any atom is -0.484 e. The second-order valence-electron chi connectivity index (χ2n) is 10.9. The molecule has 0 aliphatic heterocycles. The average molecular weight is 621 g/mol. The van der Waals surface area contributed by atoms with Crippen LogP contribution in [0.1, 0.15) is 34.8 Å². The van der Waals surface area contributed by atoms with Crippen molar-refractivity contribution in [1.29, 1.82) is 0 Å². The van der Waals surface area contributed by atoms with Gasteiger partial charge in [-0.2, -0.15) is 0 Å². The maximum atomic E-state index is 13.5. The fourth-order valence-corrected chi connectivity index (χ4v) is 7.05. The third-order valence-corrected chi connectivity index (χ3v) is 9.79. The second kappa shape index (κ2) is 14.0. The van der Waals surface area contributed by atoms with E-state index in [0.29, 0.717) is 25.9 Å². The van der Waals surface area contributed by atoms with Crippen molar-refractivity contribution in [2.45, 2.75) is 25.0 Å². The van der Waals surface area contributed by atoms with Crippen LogP contribution in [0.5, 0.6) is 11.5 Å². The standard InChI is InChI=1S/C37H36N2O3S2/c1-38(23-21-33(35-19-9-25-43-35)41-31-17-7-13-27-11-3-5-15-29(27)31)37(40)39(2)24-22-34(36-20-10-26-44-36)42-32-18-8-14-28-12-4-6-16-30(28)32/h3-20,25-26,33-34H,21-24H2,1-2H3/t33-,34+. The third-order valence-electron chi connectivity index (χ3n) is 7.87. The zero-order valence-electron chi connectivity index (χ0n) is 25.0. The van der Waals surface area contributed by atoms with Gasteiger partial charge in [0.15, 0.2) is 0 Å². The van der Waals surface area contributed by atoms with E-state index in [0.717, 1.165) is 42.8 Å². The highest BCUT2D eigenvalue weighted by Gasteiger charge is 2.22. The molecule has 4 aromatic carbocycles. The van der Waals surface area contributed by atoms with Crippen molar-refractivity contribution < 1.29 is 14.3 Å². The van der Waals surface area contributed by atoms with Crippen LogP contribution in [-0.2, 0) is 0 Å². The second-order valence-corrected chi connectivity index (χ2v) is 12.9. The van der Waals surface area contributed by atoms with Crippen molar-refractivity contribution in [3.63, 3.8) is 0 Å². The molecule has 0 aliphatic rings. The lowest BCUT2D eigenvalue weighted by Gasteiger charge is -2.28. The smallest absolute Gasteiger partial charge is 0.319 e. The first-order chi connectivity index (χ1) is 21.6. The molecule has 0 radical (unpaired) electrons. The van der Waals surface area contributed by atoms with Crippen LogP contribution in [0.2, 0.25) is 0 Å². The molecule has 0 saturated heterocycles. The number of amides is 2. The highest BCUT2D eigenvalue weighted by molar-refractivity contribution is 7.10. The van der Waals surface area contributed by atoms with Crippen LogP contribution in [0.25, 0.3) is 21.5 Å². The van der Waals surface area contributed by atoms with E-state index in [2.05, 4.69) is 59.3 Å². The van der Waals surface area contributed by atoms with Crippen LogP contribution in [0.3, 0.4) is 0 Å². The predicted octanol–water partition coefficient (Wildman–Crippen LogP) is 9.82. The summed E-state index contributed by atoms with van der Waals surface area (Å²) in [7, 11) is 3.73. The van der Waals surface area contributed by atoms with Gasteiger partial charge in [0, 0.05) is 60.6 Å². The van der Waals surface area contributed by atoms with E-state index >= 15 is 0 Å². The van der Waals surface area contributed by atoms with Crippen LogP contribution in [0.4, 0.5) is 4.79 Å². The van der Waals surface area contributed by atoms with Gasteiger partial charge in [-0.3, -0.25) is 0 Å². The summed E-state index contributed by atoms with van der Waals surface area (Å²) in [6.07, 6.45) is 1.06. The maximum Gasteiger partial charge on any atom is 0.319 e. The van der Waals surface area contributed by atoms with Gasteiger partial charge in [0.05, 0.1) is 0 Å². The lowest BCUT2D eigenvalue weighted by Crippen LogP contribution is -2.40. The largest absolute Gasteiger partial charge is 0.484 e. The molecule has 0 N–H and O–H groups in total. The summed E-state index contributed by atoms with van der Waals surface area (Å²) in [5.41, 5.74) is 0. The van der Waals surface area contributed by atoms with Crippen molar-refractivity contribution >= 4 is 50.2 Å². The molecule has 0 saturated carbocycles. The molecule has 2 amide bonds. The van der Waals surface area contributed by atoms with Crippen molar-refractivity contribution in [2.24, 2.45) is 0 Å². The molecule has 7 heteroatoms. The Labute approximate surface area is 266 Å². The van der Waals surface area contributed by atoms with Crippen molar-refractivity contribution in [1.82, 2.24) is 9.80 Å². The number of fused-ring (bicyclic) bond motifs is 2. The van der Waals surface area contributed by atoms with E-state index in [1.807, 2.05) is 74.8 Å². The van der Waals surface area contributed by atoms with E-state index in [9.17, 15) is 4.79 Å². The average Bonchev–Trinajstić information content (AvgIpc) is 3.80. The topological polar surface area (TPSA) is 42.0 Å². The molecular weight excluding hydrogens is 585 g/mol. The van der Waals surface area contributed by atoms with Crippen LogP contribution in [0.15, 0.2) is 120 Å². The van der Waals surface area contributed by atoms with Gasteiger partial charge in [-0.05, 0) is 45.8 Å². The molecule has 5 nitrogen and oxygen atoms in total. The summed E-state index contributed by atoms with van der Waals surface area (Å²) in [4.78, 5) is 19.4. The van der Waals surface area contributed by atoms with Gasteiger partial charge in [0.25, 0.3) is 0 Å². The first-order valence-corrected chi connectivity index (χ1v) is 16.6. The summed E-state index contributed by atoms with van der Waals surface area (Å²) in [5, 5.41) is 8.62. The summed E-state index contributed by atoms with van der Waals surface area (Å²) >= 11 is 3.36. The van der Waals surface area contributed by atoms with Gasteiger partial charge in [0.2, 0.25) is 0 Å². The van der Waals surface area contributed by atoms with E-state index < -0.39 is 0 Å². The molecule has 0 fully saturated rings. The van der Waals surface area contributed by atoms with Crippen LogP contribution >= 0.6 is 22.7 Å². The molecule has 6 aromatic rings. The molecule has 0 spiro atoms. The van der Waals surface area contributed by atoms with E-state index in [1.165, 1.54) is 0 Å². The van der Waals surface area contributed by atoms with Gasteiger partial charge >= 0.3 is 6.03 Å². The van der Waals surface area contributed by atoms with Gasteiger partial charge in [-0.15, -0.1) is 22.7 Å². The Hall–Kier alpha value is -4.33. The Morgan fingerprint density at radius 1 is 0.591 bits per heavy atom. The summed E-state index contributed by atoms with van der Waals surface area (Å²) in [5.74, 6) is 1.72. The molecule has 224 valence electrons. The first kappa shape index (κ1) is 29.7. The Balaban J connectivity index is 1.09. The third kappa shape index (κ3) is 6.90. The van der Waals surface area contributed by atoms with Gasteiger partial charge < -0.3 is 19.3 Å². The van der Waals surface area contributed by atoms with Crippen molar-refractivity contribution in [3.05, 3.63) is 130 Å². The fraction of sp³-hybridized carbons (Fsp3) is 0.216. The summed E-state index contributed by atoms with van der Waals surface area (Å²) < 4.78 is 13.2. The molecule has 44 heavy (non-hydrogen) atoms. The normalized spacial score (nSPS) is 12.6. The first-order valence-electron chi connectivity index (χ1n) is 14.9. The lowest BCUT2D eigenvalue weighted by molar-refractivity contribution is 0.144. The van der Waals surface area contributed by atoms with Gasteiger partial charge in [-0.25, -0.2) is 4.79 Å². The minimum atomic E-state index is -0.154. The Bertz CT molecular complexity index is 1660. The van der Waals surface area contributed by atoms with E-state index in [1.54, 1.807) is 32.5 Å². The lowest BCUT2D eigenvalue weighted by atomic mass is 10.1. The zero-order valence-corrected chi connectivity index (χ0v) is 26.6. The molecule has 0 unspecified atom stereocenters. The Kier molecular flexibility index (Phi) is 9.44. The Morgan fingerprint density at radius 3 is 1.45 bits per heavy atom. The molecule has 2 aromatic heterocycles. The number of hydrogen-bond donors (Lipinski definition) is 0. The fourth-order valence-electron chi connectivity index (χ4n) is 5.48. The molecule has 2 heterocycles. The van der Waals surface area contributed by atoms with Gasteiger partial charge in [0.1, 0.15) is 23.7 Å². The number of thiophene rings is 2. The van der Waals surface area contributed by atoms with E-state index in [-0.39, 0.29) is 18.2 Å². The predicted molar refractivity (Wildman–Crippen MR) is 183 cm³/mol. The number of carbonyl (C=O) groups is 1. The number of nitrogens with zero attached hydrogens (tertiary/aromatic N) is 2. The molecular formula is C37H36N2O3S2. The quantitative estimate of drug-likeness (QED) is 0.137. The van der Waals surface area contributed by atoms with Crippen LogP contribution < -0.4 is 9.47 Å². The minimum absolute atomic E-state index is 0.0184. The summed E-state index contributed by atoms with van der Waals surface area (Å²) in [6, 6.07) is 37.1. The number of hydrogen-bond acceptors (Lipinski definition) is 5. The highest BCUT2D eigenvalue weighted by Crippen LogP contribution is 2.34. The highest BCUT2D eigenvalue weighted by atomic mass is 32.1. The molecule has 2 atom stereocenters. The van der Waals surface area contributed by atoms with Crippen molar-refractivity contribution in [3.8, 4) is 11.5 Å². The number of carbonyl (C=O) groups excluding carboxylic acids is 1. The number of ether oxygens (including phenoxy) is 2. The summed E-state index contributed by atoms with van der Waals surface area (Å²) in [6.45, 7) is 1.13. The zero-order chi connectivity index (χ0) is 30.3.